The highest BCUT2D eigenvalue weighted by molar-refractivity contribution is 5.38. The normalized spacial score (nSPS) is 14.9. The standard InChI is InChI=1S/C13H23N5O2/c1-10(2)19-8-9-20-13-16-11(14-3)15-12(17-13)18-6-4-5-7-18/h10H,4-9H2,1-3H3,(H,14,15,16,17). The minimum atomic E-state index is 0.199. The van der Waals surface area contributed by atoms with E-state index < -0.39 is 0 Å². The zero-order chi connectivity index (χ0) is 14.4. The highest BCUT2D eigenvalue weighted by Crippen LogP contribution is 2.19. The van der Waals surface area contributed by atoms with Gasteiger partial charge in [-0.15, -0.1) is 0 Å². The van der Waals surface area contributed by atoms with Crippen LogP contribution in [-0.4, -0.2) is 54.4 Å². The van der Waals surface area contributed by atoms with Gasteiger partial charge in [0.05, 0.1) is 12.7 Å². The number of hydrogen-bond donors (Lipinski definition) is 1. The van der Waals surface area contributed by atoms with Gasteiger partial charge in [-0.25, -0.2) is 0 Å². The number of anilines is 2. The molecule has 0 atom stereocenters. The molecule has 1 aromatic rings. The maximum atomic E-state index is 5.55. The van der Waals surface area contributed by atoms with Crippen molar-refractivity contribution in [1.82, 2.24) is 15.0 Å². The molecule has 0 radical (unpaired) electrons. The molecule has 20 heavy (non-hydrogen) atoms. The van der Waals surface area contributed by atoms with E-state index in [4.69, 9.17) is 9.47 Å². The Balaban J connectivity index is 1.98. The first-order valence-corrected chi connectivity index (χ1v) is 7.12. The van der Waals surface area contributed by atoms with Crippen molar-refractivity contribution in [2.24, 2.45) is 0 Å². The van der Waals surface area contributed by atoms with Crippen LogP contribution in [0.15, 0.2) is 0 Å². The highest BCUT2D eigenvalue weighted by Gasteiger charge is 2.17. The monoisotopic (exact) mass is 281 g/mol. The summed E-state index contributed by atoms with van der Waals surface area (Å²) in [6.45, 7) is 6.93. The molecule has 0 aliphatic carbocycles. The largest absolute Gasteiger partial charge is 0.461 e. The Bertz CT molecular complexity index is 421. The van der Waals surface area contributed by atoms with Gasteiger partial charge in [-0.2, -0.15) is 15.0 Å². The van der Waals surface area contributed by atoms with Crippen molar-refractivity contribution in [3.8, 4) is 6.01 Å². The van der Waals surface area contributed by atoms with Gasteiger partial charge < -0.3 is 19.7 Å². The van der Waals surface area contributed by atoms with E-state index in [-0.39, 0.29) is 6.10 Å². The van der Waals surface area contributed by atoms with Crippen molar-refractivity contribution in [3.05, 3.63) is 0 Å². The summed E-state index contributed by atoms with van der Waals surface area (Å²) < 4.78 is 11.0. The molecule has 2 rings (SSSR count). The molecule has 0 spiro atoms. The maximum Gasteiger partial charge on any atom is 0.323 e. The van der Waals surface area contributed by atoms with Crippen LogP contribution < -0.4 is 15.0 Å². The summed E-state index contributed by atoms with van der Waals surface area (Å²) in [4.78, 5) is 15.1. The molecule has 1 saturated heterocycles. The average molecular weight is 281 g/mol. The average Bonchev–Trinajstić information content (AvgIpc) is 2.97. The van der Waals surface area contributed by atoms with Gasteiger partial charge >= 0.3 is 6.01 Å². The van der Waals surface area contributed by atoms with Crippen LogP contribution >= 0.6 is 0 Å². The lowest BCUT2D eigenvalue weighted by Crippen LogP contribution is -2.22. The van der Waals surface area contributed by atoms with Crippen LogP contribution in [0, 0.1) is 0 Å². The fourth-order valence-electron chi connectivity index (χ4n) is 2.00. The molecule has 1 aliphatic heterocycles. The molecule has 0 aromatic carbocycles. The Hall–Kier alpha value is -1.63. The Morgan fingerprint density at radius 2 is 1.90 bits per heavy atom. The second-order valence-electron chi connectivity index (χ2n) is 4.95. The number of ether oxygens (including phenoxy) is 2. The van der Waals surface area contributed by atoms with E-state index in [1.807, 2.05) is 13.8 Å². The van der Waals surface area contributed by atoms with Crippen molar-refractivity contribution in [1.29, 1.82) is 0 Å². The first-order valence-electron chi connectivity index (χ1n) is 7.12. The molecule has 0 unspecified atom stereocenters. The molecular formula is C13H23N5O2. The highest BCUT2D eigenvalue weighted by atomic mass is 16.5. The number of rotatable bonds is 7. The molecule has 0 saturated carbocycles. The third kappa shape index (κ3) is 4.19. The molecule has 2 heterocycles. The van der Waals surface area contributed by atoms with Crippen LogP contribution in [0.25, 0.3) is 0 Å². The summed E-state index contributed by atoms with van der Waals surface area (Å²) in [6, 6.07) is 0.346. The van der Waals surface area contributed by atoms with Gasteiger partial charge in [-0.1, -0.05) is 0 Å². The lowest BCUT2D eigenvalue weighted by molar-refractivity contribution is 0.0531. The second kappa shape index (κ2) is 7.23. The molecule has 1 aromatic heterocycles. The molecule has 7 nitrogen and oxygen atoms in total. The van der Waals surface area contributed by atoms with Gasteiger partial charge in [0.25, 0.3) is 0 Å². The van der Waals surface area contributed by atoms with Crippen LogP contribution in [0.5, 0.6) is 6.01 Å². The van der Waals surface area contributed by atoms with Gasteiger partial charge in [-0.05, 0) is 26.7 Å². The number of nitrogens with one attached hydrogen (secondary N) is 1. The summed E-state index contributed by atoms with van der Waals surface area (Å²) in [7, 11) is 1.79. The molecule has 1 N–H and O–H groups in total. The van der Waals surface area contributed by atoms with Gasteiger partial charge in [0, 0.05) is 20.1 Å². The van der Waals surface area contributed by atoms with Crippen LogP contribution in [0.3, 0.4) is 0 Å². The molecule has 0 bridgehead atoms. The summed E-state index contributed by atoms with van der Waals surface area (Å²) in [5, 5.41) is 2.94. The Morgan fingerprint density at radius 1 is 1.15 bits per heavy atom. The van der Waals surface area contributed by atoms with Crippen molar-refractivity contribution in [3.63, 3.8) is 0 Å². The number of nitrogens with zero attached hydrogens (tertiary/aromatic N) is 4. The smallest absolute Gasteiger partial charge is 0.323 e. The van der Waals surface area contributed by atoms with Crippen molar-refractivity contribution in [2.75, 3.05) is 43.6 Å². The van der Waals surface area contributed by atoms with E-state index in [2.05, 4.69) is 25.2 Å². The van der Waals surface area contributed by atoms with Crippen LogP contribution in [0.4, 0.5) is 11.9 Å². The molecule has 7 heteroatoms. The summed E-state index contributed by atoms with van der Waals surface area (Å²) in [6.07, 6.45) is 2.56. The van der Waals surface area contributed by atoms with E-state index in [0.717, 1.165) is 13.1 Å². The topological polar surface area (TPSA) is 72.4 Å². The van der Waals surface area contributed by atoms with Crippen molar-refractivity contribution < 1.29 is 9.47 Å². The zero-order valence-electron chi connectivity index (χ0n) is 12.4. The molecule has 1 fully saturated rings. The summed E-state index contributed by atoms with van der Waals surface area (Å²) >= 11 is 0. The zero-order valence-corrected chi connectivity index (χ0v) is 12.4. The molecule has 1 aliphatic rings. The Morgan fingerprint density at radius 3 is 2.55 bits per heavy atom. The van der Waals surface area contributed by atoms with E-state index >= 15 is 0 Å². The fourth-order valence-corrected chi connectivity index (χ4v) is 2.00. The number of hydrogen-bond acceptors (Lipinski definition) is 7. The van der Waals surface area contributed by atoms with Gasteiger partial charge in [0.1, 0.15) is 6.61 Å². The van der Waals surface area contributed by atoms with Gasteiger partial charge in [-0.3, -0.25) is 0 Å². The fraction of sp³-hybridized carbons (Fsp3) is 0.769. The lowest BCUT2D eigenvalue weighted by Gasteiger charge is -2.16. The van der Waals surface area contributed by atoms with Gasteiger partial charge in [0.15, 0.2) is 0 Å². The van der Waals surface area contributed by atoms with E-state index in [0.29, 0.717) is 31.1 Å². The van der Waals surface area contributed by atoms with Crippen molar-refractivity contribution in [2.45, 2.75) is 32.8 Å². The lowest BCUT2D eigenvalue weighted by atomic mass is 10.4. The first-order chi connectivity index (χ1) is 9.69. The van der Waals surface area contributed by atoms with Crippen molar-refractivity contribution >= 4 is 11.9 Å². The Labute approximate surface area is 119 Å². The minimum Gasteiger partial charge on any atom is -0.461 e. The van der Waals surface area contributed by atoms with Crippen LogP contribution in [-0.2, 0) is 4.74 Å². The minimum absolute atomic E-state index is 0.199. The summed E-state index contributed by atoms with van der Waals surface area (Å²) in [5.74, 6) is 1.21. The Kier molecular flexibility index (Phi) is 5.34. The van der Waals surface area contributed by atoms with Gasteiger partial charge in [0.2, 0.25) is 11.9 Å². The summed E-state index contributed by atoms with van der Waals surface area (Å²) in [5.41, 5.74) is 0. The molecule has 112 valence electrons. The van der Waals surface area contributed by atoms with Crippen LogP contribution in [0.1, 0.15) is 26.7 Å². The number of aromatic nitrogens is 3. The van der Waals surface area contributed by atoms with E-state index in [1.54, 1.807) is 7.05 Å². The van der Waals surface area contributed by atoms with Crippen LogP contribution in [0.2, 0.25) is 0 Å². The third-order valence-corrected chi connectivity index (χ3v) is 2.98. The van der Waals surface area contributed by atoms with E-state index in [1.165, 1.54) is 12.8 Å². The third-order valence-electron chi connectivity index (χ3n) is 2.98. The van der Waals surface area contributed by atoms with E-state index in [9.17, 15) is 0 Å². The predicted octanol–water partition coefficient (Wildman–Crippen LogP) is 1.32. The molecular weight excluding hydrogens is 258 g/mol. The first kappa shape index (κ1) is 14.8. The maximum absolute atomic E-state index is 5.55. The SMILES string of the molecule is CNc1nc(OCCOC(C)C)nc(N2CCCC2)n1. The quantitative estimate of drug-likeness (QED) is 0.755. The molecule has 0 amide bonds. The second-order valence-corrected chi connectivity index (χ2v) is 4.95. The predicted molar refractivity (Wildman–Crippen MR) is 77.4 cm³/mol.